The fourth-order valence-electron chi connectivity index (χ4n) is 4.56. The highest BCUT2D eigenvalue weighted by Gasteiger charge is 2.45. The first-order valence-electron chi connectivity index (χ1n) is 12.3. The molecule has 3 heterocycles. The topological polar surface area (TPSA) is 229 Å². The van der Waals surface area contributed by atoms with E-state index in [4.69, 9.17) is 23.4 Å². The lowest BCUT2D eigenvalue weighted by molar-refractivity contribution is -0.268. The number of aromatic hydroxyl groups is 2. The van der Waals surface area contributed by atoms with Crippen LogP contribution < -0.4 is 14.9 Å². The molecule has 14 nitrogen and oxygen atoms in total. The molecule has 0 saturated carbocycles. The molecule has 216 valence electrons. The van der Waals surface area contributed by atoms with Crippen molar-refractivity contribution >= 4 is 11.0 Å². The zero-order valence-electron chi connectivity index (χ0n) is 20.9. The van der Waals surface area contributed by atoms with Crippen molar-refractivity contribution in [2.75, 3.05) is 6.61 Å². The SMILES string of the molecule is C[C@@H]1O[C@@H](Oc2cc(O)c3c(=O)c(O[C@@H]4O[C@H](CO)[C@@H](O)[C@@H]4O)c(-c4ccc(O)cc4)oc3c2)[C@H](O)[C@H](O)[C@H]1O. The number of hydrogen-bond acceptors (Lipinski definition) is 14. The molecule has 0 aliphatic carbocycles. The van der Waals surface area contributed by atoms with Gasteiger partial charge in [0.25, 0.3) is 0 Å². The van der Waals surface area contributed by atoms with Crippen molar-refractivity contribution in [2.45, 2.75) is 62.2 Å². The van der Waals surface area contributed by atoms with Crippen molar-refractivity contribution in [3.8, 4) is 34.3 Å². The Morgan fingerprint density at radius 3 is 2.12 bits per heavy atom. The number of phenolic OH excluding ortho intramolecular Hbond substituents is 2. The highest BCUT2D eigenvalue weighted by molar-refractivity contribution is 5.88. The van der Waals surface area contributed by atoms with Crippen LogP contribution >= 0.6 is 0 Å². The molecule has 40 heavy (non-hydrogen) atoms. The van der Waals surface area contributed by atoms with Crippen molar-refractivity contribution in [2.24, 2.45) is 0 Å². The van der Waals surface area contributed by atoms with E-state index >= 15 is 0 Å². The van der Waals surface area contributed by atoms with Gasteiger partial charge in [0, 0.05) is 17.7 Å². The molecular formula is C26H28O14. The number of rotatable bonds is 6. The number of aliphatic hydroxyl groups excluding tert-OH is 6. The van der Waals surface area contributed by atoms with Gasteiger partial charge in [-0.1, -0.05) is 0 Å². The van der Waals surface area contributed by atoms with Crippen LogP contribution in [0.1, 0.15) is 6.92 Å². The van der Waals surface area contributed by atoms with Gasteiger partial charge in [0.15, 0.2) is 5.76 Å². The normalized spacial score (nSPS) is 32.3. The minimum absolute atomic E-state index is 0.0845. The second-order valence-corrected chi connectivity index (χ2v) is 9.58. The molecule has 0 bridgehead atoms. The second kappa shape index (κ2) is 10.8. The molecule has 0 amide bonds. The third-order valence-electron chi connectivity index (χ3n) is 6.83. The fourth-order valence-corrected chi connectivity index (χ4v) is 4.56. The standard InChI is InChI=1S/C26H28O14/c1-9-17(30)20(33)22(35)25(36-9)37-12-6-13(29)16-14(7-12)38-23(10-2-4-11(28)5-3-10)24(19(16)32)40-26-21(34)18(31)15(8-27)39-26/h2-7,9,15,17-18,20-22,25-31,33-35H,8H2,1H3/t9-,15+,17-,18+,20+,21-,22+,25-,26-/m0/s1. The maximum absolute atomic E-state index is 13.6. The van der Waals surface area contributed by atoms with E-state index in [0.717, 1.165) is 6.07 Å². The van der Waals surface area contributed by atoms with Gasteiger partial charge in [-0.2, -0.15) is 0 Å². The van der Waals surface area contributed by atoms with Crippen LogP contribution in [-0.4, -0.2) is 103 Å². The van der Waals surface area contributed by atoms with Gasteiger partial charge >= 0.3 is 0 Å². The lowest BCUT2D eigenvalue weighted by Gasteiger charge is -2.38. The molecule has 1 aromatic heterocycles. The molecular weight excluding hydrogens is 536 g/mol. The van der Waals surface area contributed by atoms with Crippen LogP contribution in [0.3, 0.4) is 0 Å². The van der Waals surface area contributed by atoms with E-state index in [0.29, 0.717) is 0 Å². The molecule has 0 spiro atoms. The maximum atomic E-state index is 13.6. The van der Waals surface area contributed by atoms with Crippen LogP contribution in [0.2, 0.25) is 0 Å². The average Bonchev–Trinajstić information content (AvgIpc) is 3.20. The first-order chi connectivity index (χ1) is 19.0. The molecule has 2 aromatic carbocycles. The minimum atomic E-state index is -1.64. The van der Waals surface area contributed by atoms with Crippen LogP contribution in [0.15, 0.2) is 45.6 Å². The third-order valence-corrected chi connectivity index (χ3v) is 6.83. The molecule has 0 radical (unpaired) electrons. The number of phenols is 2. The van der Waals surface area contributed by atoms with Crippen LogP contribution in [0.5, 0.6) is 23.0 Å². The Hall–Kier alpha value is -3.47. The number of ether oxygens (including phenoxy) is 4. The monoisotopic (exact) mass is 564 g/mol. The Bertz CT molecular complexity index is 1420. The minimum Gasteiger partial charge on any atom is -0.508 e. The summed E-state index contributed by atoms with van der Waals surface area (Å²) in [6, 6.07) is 7.70. The van der Waals surface area contributed by atoms with Gasteiger partial charge in [-0.05, 0) is 31.2 Å². The van der Waals surface area contributed by atoms with Crippen molar-refractivity contribution in [1.82, 2.24) is 0 Å². The molecule has 3 aromatic rings. The van der Waals surface area contributed by atoms with Crippen molar-refractivity contribution < 1.29 is 64.2 Å². The zero-order chi connectivity index (χ0) is 28.9. The van der Waals surface area contributed by atoms with Crippen molar-refractivity contribution in [3.63, 3.8) is 0 Å². The summed E-state index contributed by atoms with van der Waals surface area (Å²) in [7, 11) is 0. The van der Waals surface area contributed by atoms with Crippen LogP contribution in [0, 0.1) is 0 Å². The van der Waals surface area contributed by atoms with Gasteiger partial charge in [-0.15, -0.1) is 0 Å². The second-order valence-electron chi connectivity index (χ2n) is 9.58. The fraction of sp³-hybridized carbons (Fsp3) is 0.423. The number of hydrogen-bond donors (Lipinski definition) is 8. The van der Waals surface area contributed by atoms with E-state index in [2.05, 4.69) is 0 Å². The van der Waals surface area contributed by atoms with Gasteiger partial charge in [-0.25, -0.2) is 0 Å². The van der Waals surface area contributed by atoms with E-state index in [1.807, 2.05) is 0 Å². The Morgan fingerprint density at radius 1 is 0.825 bits per heavy atom. The number of fused-ring (bicyclic) bond motifs is 1. The van der Waals surface area contributed by atoms with E-state index in [1.54, 1.807) is 0 Å². The maximum Gasteiger partial charge on any atom is 0.239 e. The lowest BCUT2D eigenvalue weighted by Crippen LogP contribution is -2.58. The summed E-state index contributed by atoms with van der Waals surface area (Å²) in [4.78, 5) is 13.6. The van der Waals surface area contributed by atoms with Crippen LogP contribution in [0.25, 0.3) is 22.3 Å². The van der Waals surface area contributed by atoms with Gasteiger partial charge in [-0.3, -0.25) is 4.79 Å². The first kappa shape index (κ1) is 28.1. The lowest BCUT2D eigenvalue weighted by atomic mass is 10.00. The summed E-state index contributed by atoms with van der Waals surface area (Å²) in [5.74, 6) is -1.54. The summed E-state index contributed by atoms with van der Waals surface area (Å²) < 4.78 is 27.9. The summed E-state index contributed by atoms with van der Waals surface area (Å²) in [6.45, 7) is 0.832. The molecule has 2 aliphatic rings. The predicted molar refractivity (Wildman–Crippen MR) is 133 cm³/mol. The number of aliphatic hydroxyl groups is 6. The van der Waals surface area contributed by atoms with Crippen LogP contribution in [0.4, 0.5) is 0 Å². The molecule has 2 fully saturated rings. The summed E-state index contributed by atoms with van der Waals surface area (Å²) in [5, 5.41) is 80.2. The molecule has 2 saturated heterocycles. The number of benzene rings is 2. The Kier molecular flexibility index (Phi) is 7.60. The van der Waals surface area contributed by atoms with Crippen LogP contribution in [-0.2, 0) is 9.47 Å². The molecule has 9 atom stereocenters. The third kappa shape index (κ3) is 4.95. The zero-order valence-corrected chi connectivity index (χ0v) is 20.9. The Morgan fingerprint density at radius 2 is 1.48 bits per heavy atom. The van der Waals surface area contributed by atoms with E-state index in [-0.39, 0.29) is 33.8 Å². The smallest absolute Gasteiger partial charge is 0.239 e. The van der Waals surface area contributed by atoms with E-state index < -0.39 is 78.8 Å². The van der Waals surface area contributed by atoms with Gasteiger partial charge in [0.1, 0.15) is 64.8 Å². The first-order valence-corrected chi connectivity index (χ1v) is 12.3. The highest BCUT2D eigenvalue weighted by Crippen LogP contribution is 2.38. The Balaban J connectivity index is 1.58. The Labute approximate surface area is 225 Å². The molecule has 5 rings (SSSR count). The van der Waals surface area contributed by atoms with E-state index in [1.165, 1.54) is 37.3 Å². The van der Waals surface area contributed by atoms with Gasteiger partial charge in [0.05, 0.1) is 12.7 Å². The largest absolute Gasteiger partial charge is 0.508 e. The van der Waals surface area contributed by atoms with Crippen molar-refractivity contribution in [3.05, 3.63) is 46.6 Å². The summed E-state index contributed by atoms with van der Waals surface area (Å²) in [5.41, 5.74) is -0.857. The van der Waals surface area contributed by atoms with Gasteiger partial charge in [0.2, 0.25) is 23.8 Å². The average molecular weight is 564 g/mol. The molecule has 0 unspecified atom stereocenters. The molecule has 14 heteroatoms. The van der Waals surface area contributed by atoms with Crippen molar-refractivity contribution in [1.29, 1.82) is 0 Å². The molecule has 2 aliphatic heterocycles. The quantitative estimate of drug-likeness (QED) is 0.178. The summed E-state index contributed by atoms with van der Waals surface area (Å²) in [6.07, 6.45) is -12.8. The van der Waals surface area contributed by atoms with E-state index in [9.17, 15) is 45.6 Å². The highest BCUT2D eigenvalue weighted by atomic mass is 16.7. The van der Waals surface area contributed by atoms with Gasteiger partial charge < -0.3 is 64.2 Å². The molecule has 8 N–H and O–H groups in total. The summed E-state index contributed by atoms with van der Waals surface area (Å²) >= 11 is 0. The predicted octanol–water partition coefficient (Wildman–Crippen LogP) is -1.10.